The fourth-order valence-electron chi connectivity index (χ4n) is 2.48. The Kier molecular flexibility index (Phi) is 26.5. The predicted octanol–water partition coefficient (Wildman–Crippen LogP) is 6.24. The molecule has 0 bridgehead atoms. The highest BCUT2D eigenvalue weighted by Crippen LogP contribution is 2.16. The number of phenols is 1. The maximum absolute atomic E-state index is 11.3. The number of benzene rings is 2. The zero-order chi connectivity index (χ0) is 37.7. The minimum atomic E-state index is -0.710. The second kappa shape index (κ2) is 27.8. The average molecular weight is 657 g/mol. The second-order valence-electron chi connectivity index (χ2n) is 9.00. The molecule has 12 nitrogen and oxygen atoms in total. The number of nitriles is 2. The highest BCUT2D eigenvalue weighted by molar-refractivity contribution is 6.00. The van der Waals surface area contributed by atoms with Gasteiger partial charge < -0.3 is 14.6 Å². The summed E-state index contributed by atoms with van der Waals surface area (Å²) in [6, 6.07) is 18.0. The summed E-state index contributed by atoms with van der Waals surface area (Å²) in [6.07, 6.45) is 5.56. The molecule has 250 valence electrons. The molecule has 0 saturated heterocycles. The molecule has 0 atom stereocenters. The maximum atomic E-state index is 11.3. The van der Waals surface area contributed by atoms with E-state index >= 15 is 0 Å². The minimum absolute atomic E-state index is 0.194. The summed E-state index contributed by atoms with van der Waals surface area (Å²) in [6.45, 7) is 18.5. The van der Waals surface area contributed by atoms with Crippen molar-refractivity contribution < 1.29 is 48.1 Å². The molecule has 12 heteroatoms. The van der Waals surface area contributed by atoms with Crippen molar-refractivity contribution in [2.75, 3.05) is 0 Å². The SMILES string of the molecule is C=C(C)C(=O)OC(=O)C(=C)C.C=C(C)C(=O)Oc1ccc(/C=C(/C#N)CC)cc1.CC/C(C#N)=C\c1ccc(O)cc1.O=C=O.O=C=O. The molecule has 2 aromatic carbocycles. The molecule has 2 rings (SSSR count). The van der Waals surface area contributed by atoms with E-state index in [2.05, 4.69) is 36.6 Å². The fourth-order valence-corrected chi connectivity index (χ4v) is 2.48. The third-order valence-electron chi connectivity index (χ3n) is 4.95. The molecule has 2 aromatic rings. The Bertz CT molecular complexity index is 1590. The zero-order valence-corrected chi connectivity index (χ0v) is 27.3. The monoisotopic (exact) mass is 656 g/mol. The number of hydrogen-bond acceptors (Lipinski definition) is 12. The molecular formula is C36H36N2O10. The summed E-state index contributed by atoms with van der Waals surface area (Å²) >= 11 is 0. The highest BCUT2D eigenvalue weighted by atomic mass is 16.6. The lowest BCUT2D eigenvalue weighted by Crippen LogP contribution is -2.12. The van der Waals surface area contributed by atoms with Crippen LogP contribution in [0.25, 0.3) is 12.2 Å². The quantitative estimate of drug-likeness (QED) is 0.110. The topological polar surface area (TPSA) is 206 Å². The van der Waals surface area contributed by atoms with Crippen molar-refractivity contribution in [3.63, 3.8) is 0 Å². The number of carbonyl (C=O) groups is 3. The maximum Gasteiger partial charge on any atom is 0.373 e. The number of carbonyl (C=O) groups excluding carboxylic acids is 7. The Morgan fingerprint density at radius 3 is 1.25 bits per heavy atom. The Balaban J connectivity index is -0.000000599. The summed E-state index contributed by atoms with van der Waals surface area (Å²) in [5.74, 6) is -1.15. The molecule has 0 spiro atoms. The summed E-state index contributed by atoms with van der Waals surface area (Å²) in [5, 5.41) is 26.5. The third kappa shape index (κ3) is 23.7. The number of allylic oxidation sites excluding steroid dienone is 2. The van der Waals surface area contributed by atoms with Crippen LogP contribution in [0.5, 0.6) is 11.5 Å². The molecule has 1 N–H and O–H groups in total. The van der Waals surface area contributed by atoms with Crippen molar-refractivity contribution in [3.8, 4) is 23.6 Å². The number of phenolic OH excluding ortho intramolecular Hbond substituents is 1. The first-order chi connectivity index (χ1) is 22.6. The first-order valence-corrected chi connectivity index (χ1v) is 13.6. The number of rotatable bonds is 8. The largest absolute Gasteiger partial charge is 0.508 e. The van der Waals surface area contributed by atoms with Crippen molar-refractivity contribution in [1.82, 2.24) is 0 Å². The van der Waals surface area contributed by atoms with Crippen molar-refractivity contribution in [2.24, 2.45) is 0 Å². The minimum Gasteiger partial charge on any atom is -0.508 e. The van der Waals surface area contributed by atoms with Crippen molar-refractivity contribution in [1.29, 1.82) is 10.5 Å². The van der Waals surface area contributed by atoms with Crippen LogP contribution >= 0.6 is 0 Å². The van der Waals surface area contributed by atoms with Gasteiger partial charge in [-0.2, -0.15) is 29.7 Å². The summed E-state index contributed by atoms with van der Waals surface area (Å²) in [5.41, 5.74) is 4.04. The molecular weight excluding hydrogens is 620 g/mol. The van der Waals surface area contributed by atoms with Crippen molar-refractivity contribution in [3.05, 3.63) is 107 Å². The standard InChI is InChI=1S/C15H15NO2.C11H11NO.C8H10O3.2CO2/c1-4-12(10-16)9-13-5-7-14(8-6-13)18-15(17)11(2)3;1-2-9(8-12)7-10-3-5-11(13)6-4-10;1-5(2)7(9)11-8(10)6(3)4;2*2-1-3/h5-9H,2,4H2,1,3H3;3-7,13H,2H2,1H3;1,3H2,2,4H3;;/b12-9+;9-7+;;;. The number of aromatic hydroxyl groups is 1. The van der Waals surface area contributed by atoms with E-state index in [1.54, 1.807) is 55.5 Å². The van der Waals surface area contributed by atoms with Crippen LogP contribution in [-0.2, 0) is 38.3 Å². The molecule has 0 heterocycles. The van der Waals surface area contributed by atoms with Crippen LogP contribution in [0.2, 0.25) is 0 Å². The second-order valence-corrected chi connectivity index (χ2v) is 9.00. The van der Waals surface area contributed by atoms with E-state index in [1.165, 1.54) is 13.8 Å². The molecule has 48 heavy (non-hydrogen) atoms. The summed E-state index contributed by atoms with van der Waals surface area (Å²) < 4.78 is 9.36. The van der Waals surface area contributed by atoms with E-state index < -0.39 is 17.9 Å². The lowest BCUT2D eigenvalue weighted by Gasteiger charge is -2.03. The van der Waals surface area contributed by atoms with Gasteiger partial charge in [-0.3, -0.25) is 0 Å². The lowest BCUT2D eigenvalue weighted by molar-refractivity contribution is -0.193. The predicted molar refractivity (Wildman–Crippen MR) is 174 cm³/mol. The van der Waals surface area contributed by atoms with Crippen LogP contribution < -0.4 is 4.74 Å². The number of hydrogen-bond donors (Lipinski definition) is 1. The van der Waals surface area contributed by atoms with Crippen LogP contribution in [0.15, 0.2) is 96.1 Å². The van der Waals surface area contributed by atoms with Crippen LogP contribution in [-0.4, -0.2) is 35.3 Å². The van der Waals surface area contributed by atoms with Gasteiger partial charge in [-0.25, -0.2) is 14.4 Å². The van der Waals surface area contributed by atoms with E-state index in [0.717, 1.165) is 23.1 Å². The Morgan fingerprint density at radius 1 is 0.667 bits per heavy atom. The Hall–Kier alpha value is -6.71. The van der Waals surface area contributed by atoms with E-state index in [1.807, 2.05) is 26.0 Å². The van der Waals surface area contributed by atoms with Gasteiger partial charge in [0.2, 0.25) is 0 Å². The highest BCUT2D eigenvalue weighted by Gasteiger charge is 2.10. The van der Waals surface area contributed by atoms with Gasteiger partial charge in [0, 0.05) is 27.9 Å². The van der Waals surface area contributed by atoms with Crippen LogP contribution in [0.4, 0.5) is 0 Å². The van der Waals surface area contributed by atoms with Gasteiger partial charge in [0.1, 0.15) is 11.5 Å². The zero-order valence-electron chi connectivity index (χ0n) is 27.3. The number of nitrogens with zero attached hydrogens (tertiary/aromatic N) is 2. The number of ether oxygens (including phenoxy) is 2. The molecule has 0 unspecified atom stereocenters. The first kappa shape index (κ1) is 45.7. The smallest absolute Gasteiger partial charge is 0.373 e. The molecule has 0 radical (unpaired) electrons. The van der Waals surface area contributed by atoms with Crippen LogP contribution in [0.1, 0.15) is 58.6 Å². The van der Waals surface area contributed by atoms with E-state index in [-0.39, 0.29) is 29.2 Å². The molecule has 0 amide bonds. The molecule has 0 aliphatic carbocycles. The van der Waals surface area contributed by atoms with Crippen LogP contribution in [0.3, 0.4) is 0 Å². The molecule has 0 fully saturated rings. The molecule has 0 aliphatic heterocycles. The van der Waals surface area contributed by atoms with E-state index in [4.69, 9.17) is 39.5 Å². The normalized spacial score (nSPS) is 9.23. The molecule has 0 saturated carbocycles. The van der Waals surface area contributed by atoms with Gasteiger partial charge in [-0.05, 0) is 81.2 Å². The van der Waals surface area contributed by atoms with E-state index in [0.29, 0.717) is 23.3 Å². The Labute approximate surface area is 279 Å². The first-order valence-electron chi connectivity index (χ1n) is 13.6. The summed E-state index contributed by atoms with van der Waals surface area (Å²) in [4.78, 5) is 65.1. The van der Waals surface area contributed by atoms with Gasteiger partial charge in [-0.1, -0.05) is 57.8 Å². The molecule has 0 aliphatic rings. The lowest BCUT2D eigenvalue weighted by atomic mass is 10.1. The van der Waals surface area contributed by atoms with Gasteiger partial charge in [0.05, 0.1) is 12.1 Å². The molecule has 0 aromatic heterocycles. The van der Waals surface area contributed by atoms with Gasteiger partial charge >= 0.3 is 30.2 Å². The van der Waals surface area contributed by atoms with E-state index in [9.17, 15) is 14.4 Å². The van der Waals surface area contributed by atoms with Gasteiger partial charge in [0.15, 0.2) is 0 Å². The van der Waals surface area contributed by atoms with Gasteiger partial charge in [0.25, 0.3) is 0 Å². The van der Waals surface area contributed by atoms with Crippen LogP contribution in [0, 0.1) is 22.7 Å². The Morgan fingerprint density at radius 2 is 0.979 bits per heavy atom. The van der Waals surface area contributed by atoms with Gasteiger partial charge in [-0.15, -0.1) is 0 Å². The van der Waals surface area contributed by atoms with Crippen molar-refractivity contribution >= 4 is 42.4 Å². The number of esters is 3. The third-order valence-corrected chi connectivity index (χ3v) is 4.95. The summed E-state index contributed by atoms with van der Waals surface area (Å²) in [7, 11) is 0. The fraction of sp³-hybridized carbons (Fsp3) is 0.194. The average Bonchev–Trinajstić information content (AvgIpc) is 3.05. The van der Waals surface area contributed by atoms with Crippen molar-refractivity contribution in [2.45, 2.75) is 47.5 Å².